The summed E-state index contributed by atoms with van der Waals surface area (Å²) in [5, 5.41) is 0. The minimum Gasteiger partial charge on any atom is -0.462 e. The molecule has 0 spiro atoms. The van der Waals surface area contributed by atoms with Crippen molar-refractivity contribution >= 4 is 28.7 Å². The summed E-state index contributed by atoms with van der Waals surface area (Å²) in [5.74, 6) is -0.484. The van der Waals surface area contributed by atoms with E-state index in [1.165, 1.54) is 0 Å². The van der Waals surface area contributed by atoms with Gasteiger partial charge in [0.15, 0.2) is 11.2 Å². The molecule has 0 saturated carbocycles. The van der Waals surface area contributed by atoms with Crippen LogP contribution in [0.2, 0.25) is 0 Å². The number of esters is 2. The first kappa shape index (κ1) is 26.7. The molecule has 0 fully saturated rings. The van der Waals surface area contributed by atoms with E-state index in [0.29, 0.717) is 23.2 Å². The molecule has 4 aromatic rings. The summed E-state index contributed by atoms with van der Waals surface area (Å²) >= 11 is 0. The zero-order chi connectivity index (χ0) is 27.2. The lowest BCUT2D eigenvalue weighted by Gasteiger charge is -2.15. The summed E-state index contributed by atoms with van der Waals surface area (Å²) in [6.07, 6.45) is 4.01. The normalized spacial score (nSPS) is 10.9. The summed E-state index contributed by atoms with van der Waals surface area (Å²) in [6.45, 7) is 10.4. The van der Waals surface area contributed by atoms with Gasteiger partial charge in [-0.2, -0.15) is 0 Å². The third kappa shape index (κ3) is 5.49. The quantitative estimate of drug-likeness (QED) is 0.135. The number of aromatic nitrogens is 4. The number of nitrogens with zero attached hydrogens (tertiary/aromatic N) is 4. The summed E-state index contributed by atoms with van der Waals surface area (Å²) in [6, 6.07) is 13.3. The van der Waals surface area contributed by atoms with Crippen LogP contribution in [-0.2, 0) is 32.0 Å². The first-order valence-corrected chi connectivity index (χ1v) is 12.8. The second-order valence-corrected chi connectivity index (χ2v) is 8.84. The van der Waals surface area contributed by atoms with Gasteiger partial charge in [-0.15, -0.1) is 0 Å². The fraction of sp³-hybridized carbons (Fsp3) is 0.300. The Kier molecular flexibility index (Phi) is 8.31. The van der Waals surface area contributed by atoms with Crippen molar-refractivity contribution in [2.45, 2.75) is 47.6 Å². The van der Waals surface area contributed by atoms with Crippen LogP contribution in [-0.4, -0.2) is 44.7 Å². The van der Waals surface area contributed by atoms with Gasteiger partial charge in [0.05, 0.1) is 19.8 Å². The van der Waals surface area contributed by atoms with Crippen molar-refractivity contribution in [2.75, 3.05) is 13.2 Å². The number of ether oxygens (including phenoxy) is 2. The molecule has 196 valence electrons. The maximum atomic E-state index is 13.0. The molecule has 0 radical (unpaired) electrons. The lowest BCUT2D eigenvalue weighted by Crippen LogP contribution is -2.20. The SMILES string of the molecule is CCOC(=O)C(C(=O)OCC)=C(c1ccncc1)c1ccc(Cn2c(CC)nc3c(C)cc(C)nc32)cc1. The molecule has 0 aliphatic rings. The highest BCUT2D eigenvalue weighted by molar-refractivity contribution is 6.21. The van der Waals surface area contributed by atoms with E-state index in [9.17, 15) is 9.59 Å². The Balaban J connectivity index is 1.80. The monoisotopic (exact) mass is 512 g/mol. The topological polar surface area (TPSA) is 96.2 Å². The average Bonchev–Trinajstić information content (AvgIpc) is 3.26. The molecule has 0 N–H and O–H groups in total. The van der Waals surface area contributed by atoms with Crippen LogP contribution >= 0.6 is 0 Å². The molecular weight excluding hydrogens is 480 g/mol. The van der Waals surface area contributed by atoms with Gasteiger partial charge in [-0.25, -0.2) is 19.6 Å². The molecule has 3 heterocycles. The van der Waals surface area contributed by atoms with Crippen molar-refractivity contribution in [1.29, 1.82) is 0 Å². The summed E-state index contributed by atoms with van der Waals surface area (Å²) < 4.78 is 12.6. The van der Waals surface area contributed by atoms with Crippen LogP contribution in [0.5, 0.6) is 0 Å². The molecule has 8 nitrogen and oxygen atoms in total. The molecule has 0 atom stereocenters. The fourth-order valence-corrected chi connectivity index (χ4v) is 4.51. The summed E-state index contributed by atoms with van der Waals surface area (Å²) in [5.41, 5.74) is 6.52. The molecule has 0 bridgehead atoms. The van der Waals surface area contributed by atoms with Gasteiger partial charge in [-0.3, -0.25) is 4.98 Å². The highest BCUT2D eigenvalue weighted by atomic mass is 16.6. The second-order valence-electron chi connectivity index (χ2n) is 8.84. The molecule has 8 heteroatoms. The number of hydrogen-bond acceptors (Lipinski definition) is 7. The van der Waals surface area contributed by atoms with Crippen molar-refractivity contribution in [2.24, 2.45) is 0 Å². The predicted octanol–water partition coefficient (Wildman–Crippen LogP) is 4.98. The van der Waals surface area contributed by atoms with E-state index >= 15 is 0 Å². The summed E-state index contributed by atoms with van der Waals surface area (Å²) in [7, 11) is 0. The standard InChI is InChI=1S/C30H32N4O4/c1-6-24-33-27-19(4)17-20(5)32-28(27)34(24)18-21-9-11-22(12-10-21)25(23-13-15-31-16-14-23)26(29(35)37-7-2)30(36)38-8-3/h9-17H,6-8,18H2,1-5H3. The smallest absolute Gasteiger partial charge is 0.346 e. The minimum atomic E-state index is -0.726. The van der Waals surface area contributed by atoms with Crippen molar-refractivity contribution in [3.63, 3.8) is 0 Å². The van der Waals surface area contributed by atoms with Gasteiger partial charge in [-0.05, 0) is 68.1 Å². The largest absolute Gasteiger partial charge is 0.462 e. The molecule has 0 saturated heterocycles. The lowest BCUT2D eigenvalue weighted by molar-refractivity contribution is -0.146. The minimum absolute atomic E-state index is 0.135. The number of hydrogen-bond donors (Lipinski definition) is 0. The first-order valence-electron chi connectivity index (χ1n) is 12.8. The van der Waals surface area contributed by atoms with E-state index in [2.05, 4.69) is 23.4 Å². The van der Waals surface area contributed by atoms with Gasteiger partial charge in [0, 0.05) is 30.1 Å². The molecule has 3 aromatic heterocycles. The van der Waals surface area contributed by atoms with Crippen molar-refractivity contribution in [1.82, 2.24) is 19.5 Å². The molecule has 0 unspecified atom stereocenters. The number of fused-ring (bicyclic) bond motifs is 1. The number of carbonyl (C=O) groups is 2. The van der Waals surface area contributed by atoms with Gasteiger partial charge < -0.3 is 14.0 Å². The zero-order valence-corrected chi connectivity index (χ0v) is 22.4. The molecule has 0 amide bonds. The van der Waals surface area contributed by atoms with Crippen LogP contribution < -0.4 is 0 Å². The third-order valence-electron chi connectivity index (χ3n) is 6.18. The lowest BCUT2D eigenvalue weighted by atomic mass is 9.92. The van der Waals surface area contributed by atoms with Gasteiger partial charge >= 0.3 is 11.9 Å². The Morgan fingerprint density at radius 2 is 1.45 bits per heavy atom. The van der Waals surface area contributed by atoms with E-state index in [-0.39, 0.29) is 18.8 Å². The Hall–Kier alpha value is -4.33. The van der Waals surface area contributed by atoms with Crippen molar-refractivity contribution in [3.05, 3.63) is 94.2 Å². The molecule has 4 rings (SSSR count). The average molecular weight is 513 g/mol. The maximum Gasteiger partial charge on any atom is 0.346 e. The van der Waals surface area contributed by atoms with E-state index in [1.54, 1.807) is 38.4 Å². The maximum absolute atomic E-state index is 13.0. The highest BCUT2D eigenvalue weighted by Gasteiger charge is 2.28. The fourth-order valence-electron chi connectivity index (χ4n) is 4.51. The van der Waals surface area contributed by atoms with E-state index in [4.69, 9.17) is 19.4 Å². The molecule has 38 heavy (non-hydrogen) atoms. The van der Waals surface area contributed by atoms with E-state index in [1.807, 2.05) is 37.3 Å². The van der Waals surface area contributed by atoms with E-state index in [0.717, 1.165) is 40.2 Å². The van der Waals surface area contributed by atoms with Crippen LogP contribution in [0.3, 0.4) is 0 Å². The van der Waals surface area contributed by atoms with Crippen LogP contribution in [0.25, 0.3) is 16.7 Å². The van der Waals surface area contributed by atoms with Gasteiger partial charge in [0.1, 0.15) is 11.3 Å². The Bertz CT molecular complexity index is 1470. The number of imidazole rings is 1. The number of benzene rings is 1. The molecular formula is C30H32N4O4. The van der Waals surface area contributed by atoms with Gasteiger partial charge in [0.25, 0.3) is 0 Å². The number of carbonyl (C=O) groups excluding carboxylic acids is 2. The zero-order valence-electron chi connectivity index (χ0n) is 22.4. The Labute approximate surface area is 222 Å². The van der Waals surface area contributed by atoms with Crippen molar-refractivity contribution < 1.29 is 19.1 Å². The third-order valence-corrected chi connectivity index (χ3v) is 6.18. The number of rotatable bonds is 9. The Morgan fingerprint density at radius 3 is 2.03 bits per heavy atom. The molecule has 0 aliphatic heterocycles. The Morgan fingerprint density at radius 1 is 0.842 bits per heavy atom. The summed E-state index contributed by atoms with van der Waals surface area (Å²) in [4.78, 5) is 39.6. The van der Waals surface area contributed by atoms with Crippen LogP contribution in [0.4, 0.5) is 0 Å². The first-order chi connectivity index (χ1) is 18.4. The highest BCUT2D eigenvalue weighted by Crippen LogP contribution is 2.29. The molecule has 0 aliphatic carbocycles. The van der Waals surface area contributed by atoms with Crippen LogP contribution in [0.15, 0.2) is 60.4 Å². The van der Waals surface area contributed by atoms with Crippen LogP contribution in [0.1, 0.15) is 54.5 Å². The van der Waals surface area contributed by atoms with Crippen LogP contribution in [0, 0.1) is 13.8 Å². The second kappa shape index (κ2) is 11.8. The number of pyridine rings is 2. The van der Waals surface area contributed by atoms with Gasteiger partial charge in [0.2, 0.25) is 0 Å². The number of aryl methyl sites for hydroxylation is 3. The van der Waals surface area contributed by atoms with E-state index < -0.39 is 11.9 Å². The molecule has 1 aromatic carbocycles. The predicted molar refractivity (Wildman–Crippen MR) is 145 cm³/mol. The van der Waals surface area contributed by atoms with Crippen molar-refractivity contribution in [3.8, 4) is 0 Å². The van der Waals surface area contributed by atoms with Gasteiger partial charge in [-0.1, -0.05) is 31.2 Å².